The predicted molar refractivity (Wildman–Crippen MR) is 47.1 cm³/mol. The zero-order chi connectivity index (χ0) is 8.67. The molecule has 0 bridgehead atoms. The normalized spacial score (nSPS) is 23.1. The number of nitrogens with zero attached hydrogens (tertiary/aromatic N) is 4. The van der Waals surface area contributed by atoms with E-state index in [4.69, 9.17) is 0 Å². The second-order valence-electron chi connectivity index (χ2n) is 2.67. The molecular formula is C8H5N5. The molecule has 13 heavy (non-hydrogen) atoms. The van der Waals surface area contributed by atoms with Crippen LogP contribution < -0.4 is 10.8 Å². The smallest absolute Gasteiger partial charge is 0.182 e. The molecule has 0 atom stereocenters. The monoisotopic (exact) mass is 171 g/mol. The lowest BCUT2D eigenvalue weighted by molar-refractivity contribution is 1.14. The molecule has 0 unspecified atom stereocenters. The molecule has 2 aliphatic rings. The molecule has 0 aromatic carbocycles. The van der Waals surface area contributed by atoms with Gasteiger partial charge >= 0.3 is 0 Å². The second kappa shape index (κ2) is 2.22. The Hall–Kier alpha value is -2.04. The summed E-state index contributed by atoms with van der Waals surface area (Å²) >= 11 is 0. The van der Waals surface area contributed by atoms with Crippen LogP contribution in [0.2, 0.25) is 0 Å². The van der Waals surface area contributed by atoms with Crippen LogP contribution in [0.4, 0.5) is 0 Å². The Balaban J connectivity index is 2.27. The Labute approximate surface area is 73.0 Å². The molecule has 0 fully saturated rings. The third-order valence-electron chi connectivity index (χ3n) is 1.84. The third-order valence-corrected chi connectivity index (χ3v) is 1.84. The van der Waals surface area contributed by atoms with Crippen molar-refractivity contribution in [2.24, 2.45) is 20.0 Å². The number of rotatable bonds is 0. The standard InChI is InChI=1S/C8H5N5/c1-2-10-7-5(1)12-8(13-7)6-3-9-4-11-6/h1-4H,(H,10,13)/b8-6-. The fourth-order valence-corrected chi connectivity index (χ4v) is 1.24. The number of hydrogen-bond acceptors (Lipinski definition) is 4. The highest BCUT2D eigenvalue weighted by Crippen LogP contribution is 2.09. The molecule has 0 amide bonds. The summed E-state index contributed by atoms with van der Waals surface area (Å²) in [4.78, 5) is 19.4. The molecule has 1 aromatic heterocycles. The Morgan fingerprint density at radius 3 is 3.00 bits per heavy atom. The Morgan fingerprint density at radius 1 is 1.23 bits per heavy atom. The van der Waals surface area contributed by atoms with Gasteiger partial charge in [-0.1, -0.05) is 0 Å². The van der Waals surface area contributed by atoms with Crippen molar-refractivity contribution in [3.63, 3.8) is 0 Å². The number of nitrogens with one attached hydrogen (secondary N) is 1. The number of hydrogen-bond donors (Lipinski definition) is 1. The molecule has 5 heteroatoms. The first-order chi connectivity index (χ1) is 6.43. The van der Waals surface area contributed by atoms with Crippen LogP contribution in [-0.2, 0) is 0 Å². The van der Waals surface area contributed by atoms with Gasteiger partial charge in [0, 0.05) is 6.20 Å². The van der Waals surface area contributed by atoms with E-state index in [0.717, 1.165) is 10.8 Å². The topological polar surface area (TPSA) is 65.2 Å². The van der Waals surface area contributed by atoms with Crippen LogP contribution >= 0.6 is 0 Å². The molecule has 1 aromatic rings. The van der Waals surface area contributed by atoms with Crippen LogP contribution in [0.1, 0.15) is 0 Å². The molecule has 2 aliphatic heterocycles. The average molecular weight is 171 g/mol. The van der Waals surface area contributed by atoms with Crippen LogP contribution in [0.3, 0.4) is 0 Å². The zero-order valence-electron chi connectivity index (χ0n) is 6.60. The fourth-order valence-electron chi connectivity index (χ4n) is 1.24. The van der Waals surface area contributed by atoms with Crippen molar-refractivity contribution in [3.8, 4) is 0 Å². The summed E-state index contributed by atoms with van der Waals surface area (Å²) in [7, 11) is 0. The summed E-state index contributed by atoms with van der Waals surface area (Å²) in [5, 5.41) is 0.859. The van der Waals surface area contributed by atoms with Crippen molar-refractivity contribution in [1.82, 2.24) is 4.98 Å². The average Bonchev–Trinajstić information content (AvgIpc) is 2.78. The number of aliphatic imine (C=N–C) groups is 2. The molecule has 62 valence electrons. The lowest BCUT2D eigenvalue weighted by Crippen LogP contribution is -2.17. The minimum atomic E-state index is 0.624. The molecule has 0 radical (unpaired) electrons. The molecule has 0 spiro atoms. The Bertz CT molecular complexity index is 511. The highest BCUT2D eigenvalue weighted by molar-refractivity contribution is 5.92. The number of aromatic nitrogens is 1. The number of aromatic amines is 1. The minimum absolute atomic E-state index is 0.624. The van der Waals surface area contributed by atoms with Crippen molar-refractivity contribution in [2.75, 3.05) is 0 Å². The van der Waals surface area contributed by atoms with Crippen LogP contribution in [0.15, 0.2) is 43.8 Å². The molecular weight excluding hydrogens is 166 g/mol. The number of H-pyrrole nitrogens is 1. The molecule has 0 saturated heterocycles. The summed E-state index contributed by atoms with van der Waals surface area (Å²) < 4.78 is 0. The van der Waals surface area contributed by atoms with Gasteiger partial charge in [-0.05, 0) is 6.07 Å². The van der Waals surface area contributed by atoms with Gasteiger partial charge in [-0.3, -0.25) is 0 Å². The lowest BCUT2D eigenvalue weighted by Gasteiger charge is -1.88. The first-order valence-electron chi connectivity index (χ1n) is 3.84. The minimum Gasteiger partial charge on any atom is -0.345 e. The quantitative estimate of drug-likeness (QED) is 0.549. The zero-order valence-corrected chi connectivity index (χ0v) is 6.60. The largest absolute Gasteiger partial charge is 0.345 e. The Morgan fingerprint density at radius 2 is 2.23 bits per heavy atom. The van der Waals surface area contributed by atoms with Gasteiger partial charge in [0.25, 0.3) is 0 Å². The highest BCUT2D eigenvalue weighted by Gasteiger charge is 2.09. The van der Waals surface area contributed by atoms with Gasteiger partial charge in [0.05, 0.1) is 6.21 Å². The third kappa shape index (κ3) is 0.868. The maximum absolute atomic E-state index is 4.27. The summed E-state index contributed by atoms with van der Waals surface area (Å²) in [6.07, 6.45) is 4.94. The van der Waals surface area contributed by atoms with E-state index in [2.05, 4.69) is 25.0 Å². The van der Waals surface area contributed by atoms with Gasteiger partial charge in [0.2, 0.25) is 0 Å². The molecule has 3 rings (SSSR count). The van der Waals surface area contributed by atoms with Gasteiger partial charge in [0.1, 0.15) is 17.4 Å². The van der Waals surface area contributed by atoms with E-state index >= 15 is 0 Å². The summed E-state index contributed by atoms with van der Waals surface area (Å²) in [5.74, 6) is 0.624. The SMILES string of the molecule is C1=NC=N/C1=C1/N=c2cc[nH]c2=N1. The predicted octanol–water partition coefficient (Wildman–Crippen LogP) is -0.451. The molecule has 0 aliphatic carbocycles. The lowest BCUT2D eigenvalue weighted by atomic mass is 10.5. The van der Waals surface area contributed by atoms with Crippen LogP contribution in [-0.4, -0.2) is 17.5 Å². The van der Waals surface area contributed by atoms with Crippen LogP contribution in [0.25, 0.3) is 0 Å². The van der Waals surface area contributed by atoms with Crippen LogP contribution in [0, 0.1) is 0 Å². The fraction of sp³-hybridized carbons (Fsp3) is 0. The van der Waals surface area contributed by atoms with Gasteiger partial charge in [-0.25, -0.2) is 20.0 Å². The second-order valence-corrected chi connectivity index (χ2v) is 2.67. The molecule has 0 saturated carbocycles. The van der Waals surface area contributed by atoms with E-state index < -0.39 is 0 Å². The van der Waals surface area contributed by atoms with E-state index in [0.29, 0.717) is 11.5 Å². The maximum atomic E-state index is 4.27. The summed E-state index contributed by atoms with van der Waals surface area (Å²) in [6, 6.07) is 1.88. The first-order valence-corrected chi connectivity index (χ1v) is 3.84. The van der Waals surface area contributed by atoms with E-state index in [1.807, 2.05) is 12.3 Å². The van der Waals surface area contributed by atoms with Gasteiger partial charge in [0.15, 0.2) is 11.3 Å². The van der Waals surface area contributed by atoms with E-state index in [9.17, 15) is 0 Å². The number of allylic oxidation sites excluding steroid dienone is 1. The highest BCUT2D eigenvalue weighted by atomic mass is 15.1. The van der Waals surface area contributed by atoms with E-state index in [1.54, 1.807) is 6.21 Å². The summed E-state index contributed by atoms with van der Waals surface area (Å²) in [5.41, 5.74) is 1.50. The van der Waals surface area contributed by atoms with Crippen molar-refractivity contribution in [1.29, 1.82) is 0 Å². The van der Waals surface area contributed by atoms with Crippen molar-refractivity contribution >= 4 is 12.6 Å². The van der Waals surface area contributed by atoms with E-state index in [1.165, 1.54) is 6.34 Å². The molecule has 5 nitrogen and oxygen atoms in total. The van der Waals surface area contributed by atoms with Gasteiger partial charge in [-0.2, -0.15) is 0 Å². The summed E-state index contributed by atoms with van der Waals surface area (Å²) in [6.45, 7) is 0. The number of fused-ring (bicyclic) bond motifs is 1. The maximum Gasteiger partial charge on any atom is 0.182 e. The van der Waals surface area contributed by atoms with Gasteiger partial charge in [-0.15, -0.1) is 0 Å². The molecule has 3 heterocycles. The molecule has 1 N–H and O–H groups in total. The van der Waals surface area contributed by atoms with Crippen LogP contribution in [0.5, 0.6) is 0 Å². The van der Waals surface area contributed by atoms with Crippen molar-refractivity contribution in [2.45, 2.75) is 0 Å². The van der Waals surface area contributed by atoms with Crippen molar-refractivity contribution < 1.29 is 0 Å². The van der Waals surface area contributed by atoms with Gasteiger partial charge < -0.3 is 4.98 Å². The Kier molecular flexibility index (Phi) is 1.11. The van der Waals surface area contributed by atoms with E-state index in [-0.39, 0.29) is 0 Å². The first kappa shape index (κ1) is 6.47. The van der Waals surface area contributed by atoms with Crippen molar-refractivity contribution in [3.05, 3.63) is 34.6 Å².